The fourth-order valence-corrected chi connectivity index (χ4v) is 6.10. The van der Waals surface area contributed by atoms with Crippen LogP contribution in [-0.2, 0) is 26.1 Å². The third kappa shape index (κ3) is 7.66. The smallest absolute Gasteiger partial charge is 0.219 e. The molecule has 0 N–H and O–H groups in total. The van der Waals surface area contributed by atoms with Gasteiger partial charge in [-0.15, -0.1) is 0 Å². The number of quaternary nitrogens is 1. The molecule has 6 nitrogen and oxygen atoms in total. The summed E-state index contributed by atoms with van der Waals surface area (Å²) >= 11 is 18.6. The molecule has 1 aliphatic rings. The zero-order valence-electron chi connectivity index (χ0n) is 24.9. The lowest BCUT2D eigenvalue weighted by Crippen LogP contribution is -2.46. The third-order valence-electron chi connectivity index (χ3n) is 7.79. The molecule has 45 heavy (non-hydrogen) atoms. The number of aromatic nitrogens is 1. The van der Waals surface area contributed by atoms with Gasteiger partial charge in [-0.3, -0.25) is 0 Å². The van der Waals surface area contributed by atoms with Crippen molar-refractivity contribution in [3.63, 3.8) is 0 Å². The maximum Gasteiger partial charge on any atom is 0.219 e. The molecule has 0 saturated heterocycles. The van der Waals surface area contributed by atoms with Gasteiger partial charge in [0.25, 0.3) is 0 Å². The Balaban J connectivity index is 1.14. The van der Waals surface area contributed by atoms with Gasteiger partial charge in [0.1, 0.15) is 25.4 Å². The quantitative estimate of drug-likeness (QED) is 0.139. The number of rotatable bonds is 10. The van der Waals surface area contributed by atoms with Crippen LogP contribution in [-0.4, -0.2) is 30.2 Å². The van der Waals surface area contributed by atoms with E-state index in [0.29, 0.717) is 44.8 Å². The minimum absolute atomic E-state index is 0.387. The zero-order valence-corrected chi connectivity index (χ0v) is 27.2. The molecule has 1 unspecified atom stereocenters. The molecule has 0 bridgehead atoms. The van der Waals surface area contributed by atoms with E-state index in [9.17, 15) is 0 Å². The van der Waals surface area contributed by atoms with Crippen LogP contribution in [0, 0.1) is 0 Å². The average molecular weight is 663 g/mol. The Labute approximate surface area is 278 Å². The van der Waals surface area contributed by atoms with Gasteiger partial charge in [0, 0.05) is 45.9 Å². The SMILES string of the molecule is COc1cc2c(cc1OCc1ccccc1)C[N+](C)(Cc1ccc(Oc3cc(Cl)ccc3Oc3ccc(Cl)cc3Cl)nc1)CC2. The molecule has 0 radical (unpaired) electrons. The monoisotopic (exact) mass is 661 g/mol. The van der Waals surface area contributed by atoms with Crippen LogP contribution in [0.5, 0.6) is 34.6 Å². The summed E-state index contributed by atoms with van der Waals surface area (Å²) in [7, 11) is 3.97. The van der Waals surface area contributed by atoms with Crippen LogP contribution < -0.4 is 18.9 Å². The van der Waals surface area contributed by atoms with Crippen molar-refractivity contribution in [1.82, 2.24) is 4.98 Å². The Kier molecular flexibility index (Phi) is 9.38. The van der Waals surface area contributed by atoms with Crippen LogP contribution in [0.1, 0.15) is 22.3 Å². The Hall–Kier alpha value is -3.94. The predicted octanol–water partition coefficient (Wildman–Crippen LogP) is 9.92. The highest BCUT2D eigenvalue weighted by Gasteiger charge is 2.30. The van der Waals surface area contributed by atoms with Crippen LogP contribution in [0.4, 0.5) is 0 Å². The van der Waals surface area contributed by atoms with Gasteiger partial charge < -0.3 is 23.4 Å². The first kappa shape index (κ1) is 31.1. The molecule has 0 fully saturated rings. The van der Waals surface area contributed by atoms with Crippen molar-refractivity contribution < 1.29 is 23.4 Å². The molecule has 0 aliphatic carbocycles. The summed E-state index contributed by atoms with van der Waals surface area (Å²) in [6.07, 6.45) is 2.81. The molecule has 9 heteroatoms. The molecule has 1 aromatic heterocycles. The Bertz CT molecular complexity index is 1800. The van der Waals surface area contributed by atoms with Gasteiger partial charge in [0.15, 0.2) is 23.0 Å². The maximum absolute atomic E-state index is 6.32. The number of likely N-dealkylation sites (N-methyl/N-ethyl adjacent to an activating group) is 1. The minimum atomic E-state index is 0.387. The summed E-state index contributed by atoms with van der Waals surface area (Å²) < 4.78 is 24.9. The number of methoxy groups -OCH3 is 1. The van der Waals surface area contributed by atoms with Gasteiger partial charge >= 0.3 is 0 Å². The van der Waals surface area contributed by atoms with Gasteiger partial charge in [-0.25, -0.2) is 4.98 Å². The first-order chi connectivity index (χ1) is 21.8. The first-order valence-electron chi connectivity index (χ1n) is 14.5. The van der Waals surface area contributed by atoms with Gasteiger partial charge in [-0.05, 0) is 59.7 Å². The minimum Gasteiger partial charge on any atom is -0.493 e. The number of hydrogen-bond acceptors (Lipinski definition) is 5. The second-order valence-electron chi connectivity index (χ2n) is 11.3. The summed E-state index contributed by atoms with van der Waals surface area (Å²) in [5.41, 5.74) is 4.80. The largest absolute Gasteiger partial charge is 0.493 e. The highest BCUT2D eigenvalue weighted by atomic mass is 35.5. The van der Waals surface area contributed by atoms with Crippen molar-refractivity contribution in [3.05, 3.63) is 135 Å². The number of pyridine rings is 1. The molecule has 0 saturated carbocycles. The van der Waals surface area contributed by atoms with Crippen LogP contribution in [0.15, 0.2) is 97.2 Å². The van der Waals surface area contributed by atoms with Crippen LogP contribution in [0.3, 0.4) is 0 Å². The lowest BCUT2D eigenvalue weighted by atomic mass is 9.96. The standard InChI is InChI=1S/C36H32Cl3N2O4/c1-41(15-14-26-16-33(42-2)34(17-27(26)22-41)43-23-24-6-4-3-5-7-24)21-25-8-13-36(40-20-25)45-35-19-29(38)10-12-32(35)44-31-11-9-28(37)18-30(31)39/h3-13,16-20H,14-15,21-23H2,1-2H3/q+1. The molecule has 0 spiro atoms. The lowest BCUT2D eigenvalue weighted by molar-refractivity contribution is -0.937. The molecule has 5 aromatic rings. The van der Waals surface area contributed by atoms with Crippen molar-refractivity contribution >= 4 is 34.8 Å². The van der Waals surface area contributed by atoms with E-state index in [1.165, 1.54) is 11.1 Å². The molecule has 2 heterocycles. The summed E-state index contributed by atoms with van der Waals surface area (Å²) in [6, 6.07) is 28.5. The highest BCUT2D eigenvalue weighted by Crippen LogP contribution is 2.40. The fourth-order valence-electron chi connectivity index (χ4n) is 5.49. The van der Waals surface area contributed by atoms with Crippen molar-refractivity contribution in [2.24, 2.45) is 0 Å². The van der Waals surface area contributed by atoms with Crippen LogP contribution in [0.2, 0.25) is 15.1 Å². The molecular weight excluding hydrogens is 631 g/mol. The first-order valence-corrected chi connectivity index (χ1v) is 15.7. The third-order valence-corrected chi connectivity index (χ3v) is 8.56. The maximum atomic E-state index is 6.32. The van der Waals surface area contributed by atoms with E-state index >= 15 is 0 Å². The second-order valence-corrected chi connectivity index (χ2v) is 12.6. The molecule has 1 atom stereocenters. The van der Waals surface area contributed by atoms with Crippen molar-refractivity contribution in [1.29, 1.82) is 0 Å². The second kappa shape index (κ2) is 13.6. The van der Waals surface area contributed by atoms with Crippen molar-refractivity contribution in [2.75, 3.05) is 20.7 Å². The van der Waals surface area contributed by atoms with E-state index in [2.05, 4.69) is 36.3 Å². The van der Waals surface area contributed by atoms with Gasteiger partial charge in [-0.2, -0.15) is 0 Å². The molecule has 1 aliphatic heterocycles. The normalized spacial score (nSPS) is 15.7. The Morgan fingerprint density at radius 1 is 0.711 bits per heavy atom. The topological polar surface area (TPSA) is 49.8 Å². The van der Waals surface area contributed by atoms with E-state index in [-0.39, 0.29) is 0 Å². The lowest BCUT2D eigenvalue weighted by Gasteiger charge is -2.39. The summed E-state index contributed by atoms with van der Waals surface area (Å²) in [5.74, 6) is 3.27. The molecule has 4 aromatic carbocycles. The van der Waals surface area contributed by atoms with E-state index in [1.54, 1.807) is 43.5 Å². The van der Waals surface area contributed by atoms with E-state index in [0.717, 1.165) is 53.2 Å². The van der Waals surface area contributed by atoms with Gasteiger partial charge in [0.2, 0.25) is 5.88 Å². The van der Waals surface area contributed by atoms with Gasteiger partial charge in [-0.1, -0.05) is 65.1 Å². The summed E-state index contributed by atoms with van der Waals surface area (Å²) in [5, 5.41) is 1.41. The van der Waals surface area contributed by atoms with Gasteiger partial charge in [0.05, 0.1) is 25.7 Å². The number of hydrogen-bond donors (Lipinski definition) is 0. The molecule has 6 rings (SSSR count). The molecular formula is C36H32Cl3N2O4+. The number of nitrogens with zero attached hydrogens (tertiary/aromatic N) is 2. The Morgan fingerprint density at radius 3 is 2.20 bits per heavy atom. The highest BCUT2D eigenvalue weighted by molar-refractivity contribution is 6.35. The van der Waals surface area contributed by atoms with Crippen molar-refractivity contribution in [3.8, 4) is 34.6 Å². The predicted molar refractivity (Wildman–Crippen MR) is 178 cm³/mol. The van der Waals surface area contributed by atoms with Crippen LogP contribution in [0.25, 0.3) is 0 Å². The number of benzene rings is 4. The van der Waals surface area contributed by atoms with E-state index in [1.807, 2.05) is 36.5 Å². The number of halogens is 3. The zero-order chi connectivity index (χ0) is 31.4. The van der Waals surface area contributed by atoms with Crippen LogP contribution >= 0.6 is 34.8 Å². The number of ether oxygens (including phenoxy) is 4. The number of fused-ring (bicyclic) bond motifs is 1. The average Bonchev–Trinajstić information content (AvgIpc) is 3.03. The fraction of sp³-hybridized carbons (Fsp3) is 0.194. The van der Waals surface area contributed by atoms with Crippen molar-refractivity contribution in [2.45, 2.75) is 26.1 Å². The summed E-state index contributed by atoms with van der Waals surface area (Å²) in [4.78, 5) is 4.60. The van der Waals surface area contributed by atoms with E-state index in [4.69, 9.17) is 53.8 Å². The molecule has 0 amide bonds. The molecule has 230 valence electrons. The summed E-state index contributed by atoms with van der Waals surface area (Å²) in [6.45, 7) is 3.17. The van der Waals surface area contributed by atoms with E-state index < -0.39 is 0 Å². The Morgan fingerprint density at radius 2 is 1.47 bits per heavy atom.